The third-order valence-electron chi connectivity index (χ3n) is 7.80. The van der Waals surface area contributed by atoms with E-state index in [4.69, 9.17) is 5.73 Å². The number of carbonyl (C=O) groups excluding carboxylic acids is 1. The molecule has 1 aromatic heterocycles. The molecule has 2 saturated carbocycles. The molecular formula is C26H34N4O. The van der Waals surface area contributed by atoms with Gasteiger partial charge in [-0.25, -0.2) is 4.98 Å². The molecule has 0 bridgehead atoms. The van der Waals surface area contributed by atoms with E-state index in [1.165, 1.54) is 44.3 Å². The number of nitrogens with one attached hydrogen (secondary N) is 1. The zero-order valence-corrected chi connectivity index (χ0v) is 18.7. The number of nitrogens with two attached hydrogens (primary N) is 1. The number of piperidine rings is 1. The summed E-state index contributed by atoms with van der Waals surface area (Å²) in [5, 5.41) is 3.16. The molecule has 2 heterocycles. The molecule has 2 atom stereocenters. The van der Waals surface area contributed by atoms with Crippen molar-refractivity contribution in [3.63, 3.8) is 0 Å². The Morgan fingerprint density at radius 1 is 1.16 bits per heavy atom. The van der Waals surface area contributed by atoms with Crippen molar-refractivity contribution in [2.24, 2.45) is 5.92 Å². The van der Waals surface area contributed by atoms with E-state index >= 15 is 0 Å². The zero-order valence-electron chi connectivity index (χ0n) is 18.7. The number of anilines is 1. The van der Waals surface area contributed by atoms with Crippen LogP contribution in [0.2, 0.25) is 0 Å². The number of fused-ring (bicyclic) bond motifs is 1. The first-order chi connectivity index (χ1) is 15.0. The van der Waals surface area contributed by atoms with Gasteiger partial charge in [-0.1, -0.05) is 43.5 Å². The molecule has 3 N–H and O–H groups in total. The zero-order chi connectivity index (χ0) is 21.6. The average Bonchev–Trinajstić information content (AvgIpc) is 3.35. The van der Waals surface area contributed by atoms with Crippen molar-refractivity contribution in [1.82, 2.24) is 15.2 Å². The van der Waals surface area contributed by atoms with Gasteiger partial charge in [-0.2, -0.15) is 0 Å². The van der Waals surface area contributed by atoms with Gasteiger partial charge in [-0.05, 0) is 56.2 Å². The molecule has 2 aromatic rings. The van der Waals surface area contributed by atoms with Gasteiger partial charge in [-0.3, -0.25) is 9.69 Å². The molecule has 164 valence electrons. The predicted molar refractivity (Wildman–Crippen MR) is 125 cm³/mol. The van der Waals surface area contributed by atoms with Crippen LogP contribution in [0.3, 0.4) is 0 Å². The van der Waals surface area contributed by atoms with E-state index in [0.717, 1.165) is 29.9 Å². The van der Waals surface area contributed by atoms with Gasteiger partial charge in [0.25, 0.3) is 5.91 Å². The van der Waals surface area contributed by atoms with Crippen molar-refractivity contribution >= 4 is 11.7 Å². The first-order valence-electron chi connectivity index (χ1n) is 11.9. The normalized spacial score (nSPS) is 26.1. The van der Waals surface area contributed by atoms with Crippen molar-refractivity contribution in [2.75, 3.05) is 18.8 Å². The van der Waals surface area contributed by atoms with Crippen molar-refractivity contribution in [1.29, 1.82) is 0 Å². The van der Waals surface area contributed by atoms with Crippen LogP contribution in [0.25, 0.3) is 11.1 Å². The third kappa shape index (κ3) is 3.84. The molecule has 3 aliphatic rings. The Kier molecular flexibility index (Phi) is 5.25. The van der Waals surface area contributed by atoms with Crippen molar-refractivity contribution in [3.05, 3.63) is 47.7 Å². The van der Waals surface area contributed by atoms with Gasteiger partial charge in [0.1, 0.15) is 5.82 Å². The number of hydrogen-bond donors (Lipinski definition) is 2. The third-order valence-corrected chi connectivity index (χ3v) is 7.80. The topological polar surface area (TPSA) is 71.2 Å². The second-order valence-electron chi connectivity index (χ2n) is 10.1. The van der Waals surface area contributed by atoms with E-state index in [2.05, 4.69) is 53.3 Å². The van der Waals surface area contributed by atoms with Gasteiger partial charge in [-0.15, -0.1) is 0 Å². The summed E-state index contributed by atoms with van der Waals surface area (Å²) in [6, 6.07) is 11.7. The Morgan fingerprint density at radius 2 is 1.90 bits per heavy atom. The highest BCUT2D eigenvalue weighted by molar-refractivity contribution is 5.99. The second-order valence-corrected chi connectivity index (χ2v) is 10.1. The summed E-state index contributed by atoms with van der Waals surface area (Å²) in [5.74, 6) is 0.997. The Morgan fingerprint density at radius 3 is 2.58 bits per heavy atom. The maximum atomic E-state index is 12.8. The highest BCUT2D eigenvalue weighted by Crippen LogP contribution is 2.59. The van der Waals surface area contributed by atoms with Crippen LogP contribution in [0, 0.1) is 5.92 Å². The lowest BCUT2D eigenvalue weighted by Gasteiger charge is -2.24. The summed E-state index contributed by atoms with van der Waals surface area (Å²) in [4.78, 5) is 19.8. The highest BCUT2D eigenvalue weighted by Gasteiger charge is 2.60. The number of pyridine rings is 1. The summed E-state index contributed by atoms with van der Waals surface area (Å²) in [6.07, 6.45) is 8.82. The number of carbonyl (C=O) groups is 1. The lowest BCUT2D eigenvalue weighted by atomic mass is 9.92. The molecule has 5 nitrogen and oxygen atoms in total. The summed E-state index contributed by atoms with van der Waals surface area (Å²) in [5.41, 5.74) is 10.4. The predicted octanol–water partition coefficient (Wildman–Crippen LogP) is 4.38. The van der Waals surface area contributed by atoms with Crippen molar-refractivity contribution in [3.8, 4) is 11.1 Å². The molecule has 5 rings (SSSR count). The molecule has 5 heteroatoms. The second kappa shape index (κ2) is 7.94. The van der Waals surface area contributed by atoms with E-state index < -0.39 is 0 Å². The van der Waals surface area contributed by atoms with Gasteiger partial charge in [0.2, 0.25) is 0 Å². The first kappa shape index (κ1) is 20.5. The number of benzene rings is 1. The monoisotopic (exact) mass is 418 g/mol. The fraction of sp³-hybridized carbons (Fsp3) is 0.538. The lowest BCUT2D eigenvalue weighted by molar-refractivity contribution is 0.0928. The molecule has 1 saturated heterocycles. The van der Waals surface area contributed by atoms with Crippen LogP contribution in [-0.2, 0) is 5.41 Å². The van der Waals surface area contributed by atoms with Crippen LogP contribution in [0.15, 0.2) is 36.5 Å². The SMILES string of the molecule is CC(C)N1CC2C[C@]2(c2ccc(-c3cnc(N)c(C(=O)NC4CCCCC4)c3)cc2)C1. The molecule has 3 fully saturated rings. The van der Waals surface area contributed by atoms with Gasteiger partial charge >= 0.3 is 0 Å². The number of likely N-dealkylation sites (tertiary alicyclic amines) is 1. The van der Waals surface area contributed by atoms with Gasteiger partial charge in [0, 0.05) is 42.3 Å². The minimum atomic E-state index is -0.102. The highest BCUT2D eigenvalue weighted by atomic mass is 16.1. The van der Waals surface area contributed by atoms with Crippen LogP contribution in [0.4, 0.5) is 5.82 Å². The smallest absolute Gasteiger partial charge is 0.255 e. The molecule has 0 radical (unpaired) electrons. The quantitative estimate of drug-likeness (QED) is 0.756. The Labute approximate surface area is 185 Å². The number of aromatic nitrogens is 1. The lowest BCUT2D eigenvalue weighted by Crippen LogP contribution is -2.36. The molecule has 1 amide bonds. The Hall–Kier alpha value is -2.40. The maximum Gasteiger partial charge on any atom is 0.255 e. The van der Waals surface area contributed by atoms with Crippen molar-refractivity contribution < 1.29 is 4.79 Å². The van der Waals surface area contributed by atoms with Gasteiger partial charge in [0.05, 0.1) is 5.56 Å². The molecule has 1 aliphatic heterocycles. The van der Waals surface area contributed by atoms with E-state index in [0.29, 0.717) is 22.8 Å². The summed E-state index contributed by atoms with van der Waals surface area (Å²) < 4.78 is 0. The fourth-order valence-electron chi connectivity index (χ4n) is 5.68. The van der Waals surface area contributed by atoms with E-state index in [-0.39, 0.29) is 11.9 Å². The van der Waals surface area contributed by atoms with E-state index in [1.807, 2.05) is 6.07 Å². The number of rotatable bonds is 5. The molecule has 1 unspecified atom stereocenters. The summed E-state index contributed by atoms with van der Waals surface area (Å²) >= 11 is 0. The van der Waals surface area contributed by atoms with Crippen LogP contribution in [0.1, 0.15) is 68.3 Å². The molecule has 0 spiro atoms. The van der Waals surface area contributed by atoms with Gasteiger partial charge in [0.15, 0.2) is 0 Å². The van der Waals surface area contributed by atoms with Crippen LogP contribution in [-0.4, -0.2) is 41.0 Å². The summed E-state index contributed by atoms with van der Waals surface area (Å²) in [6.45, 7) is 6.97. The van der Waals surface area contributed by atoms with Crippen molar-refractivity contribution in [2.45, 2.75) is 69.9 Å². The molecule has 31 heavy (non-hydrogen) atoms. The standard InChI is InChI=1S/C26H34N4O/c1-17(2)30-15-21-13-26(21,16-30)20-10-8-18(9-11-20)19-12-23(24(27)28-14-19)25(31)29-22-6-4-3-5-7-22/h8-12,14,17,21-22H,3-7,13,15-16H2,1-2H3,(H2,27,28)(H,29,31)/t21?,26-/m1/s1. The molecule has 1 aromatic carbocycles. The minimum Gasteiger partial charge on any atom is -0.383 e. The van der Waals surface area contributed by atoms with Crippen LogP contribution in [0.5, 0.6) is 0 Å². The number of amides is 1. The first-order valence-corrected chi connectivity index (χ1v) is 11.9. The molecule has 2 aliphatic carbocycles. The molecular weight excluding hydrogens is 384 g/mol. The van der Waals surface area contributed by atoms with Gasteiger partial charge < -0.3 is 11.1 Å². The average molecular weight is 419 g/mol. The number of hydrogen-bond acceptors (Lipinski definition) is 4. The number of nitrogen functional groups attached to an aromatic ring is 1. The Bertz CT molecular complexity index is 964. The fourth-order valence-corrected chi connectivity index (χ4v) is 5.68. The number of nitrogens with zero attached hydrogens (tertiary/aromatic N) is 2. The Balaban J connectivity index is 1.33. The van der Waals surface area contributed by atoms with E-state index in [1.54, 1.807) is 6.20 Å². The minimum absolute atomic E-state index is 0.102. The maximum absolute atomic E-state index is 12.8. The summed E-state index contributed by atoms with van der Waals surface area (Å²) in [7, 11) is 0. The van der Waals surface area contributed by atoms with E-state index in [9.17, 15) is 4.79 Å². The van der Waals surface area contributed by atoms with Crippen LogP contribution < -0.4 is 11.1 Å². The van der Waals surface area contributed by atoms with Crippen LogP contribution >= 0.6 is 0 Å². The largest absolute Gasteiger partial charge is 0.383 e.